The van der Waals surface area contributed by atoms with E-state index in [0.717, 1.165) is 91.7 Å². The van der Waals surface area contributed by atoms with Crippen molar-refractivity contribution in [2.75, 3.05) is 28.6 Å². The van der Waals surface area contributed by atoms with Gasteiger partial charge in [-0.05, 0) is 121 Å². The van der Waals surface area contributed by atoms with Crippen LogP contribution in [0.2, 0.25) is 0 Å². The van der Waals surface area contributed by atoms with E-state index in [1.54, 1.807) is 11.9 Å². The van der Waals surface area contributed by atoms with Crippen molar-refractivity contribution in [2.45, 2.75) is 72.3 Å². The van der Waals surface area contributed by atoms with Crippen molar-refractivity contribution in [1.29, 1.82) is 0 Å². The molecule has 0 unspecified atom stereocenters. The molecule has 5 heteroatoms. The van der Waals surface area contributed by atoms with Crippen molar-refractivity contribution < 1.29 is 9.90 Å². The van der Waals surface area contributed by atoms with Gasteiger partial charge in [-0.15, -0.1) is 0 Å². The van der Waals surface area contributed by atoms with E-state index in [4.69, 9.17) is 0 Å². The van der Waals surface area contributed by atoms with E-state index < -0.39 is 5.97 Å². The molecule has 1 heterocycles. The van der Waals surface area contributed by atoms with Crippen LogP contribution in [0, 0.1) is 20.8 Å². The number of hydrogen-bond acceptors (Lipinski definition) is 4. The zero-order valence-electron chi connectivity index (χ0n) is 30.0. The molecule has 1 N–H and O–H groups in total. The predicted molar refractivity (Wildman–Crippen MR) is 214 cm³/mol. The highest BCUT2D eigenvalue weighted by molar-refractivity contribution is 7.99. The maximum atomic E-state index is 12.3. The molecule has 0 fully saturated rings. The Bertz CT molecular complexity index is 1860. The van der Waals surface area contributed by atoms with Crippen LogP contribution in [0.4, 0.5) is 11.4 Å². The van der Waals surface area contributed by atoms with Gasteiger partial charge in [0.15, 0.2) is 0 Å². The number of carbonyl (C=O) groups is 1. The lowest BCUT2D eigenvalue weighted by Crippen LogP contribution is -2.27. The van der Waals surface area contributed by atoms with Gasteiger partial charge in [0.05, 0.1) is 18.7 Å². The number of nitrogens with zero attached hydrogens (tertiary/aromatic N) is 2. The maximum Gasteiger partial charge on any atom is 0.307 e. The van der Waals surface area contributed by atoms with Gasteiger partial charge in [0.2, 0.25) is 0 Å². The van der Waals surface area contributed by atoms with Crippen LogP contribution in [0.15, 0.2) is 103 Å². The summed E-state index contributed by atoms with van der Waals surface area (Å²) in [4.78, 5) is 14.9. The summed E-state index contributed by atoms with van der Waals surface area (Å²) in [6.07, 6.45) is 8.91. The Morgan fingerprint density at radius 1 is 0.740 bits per heavy atom. The summed E-state index contributed by atoms with van der Waals surface area (Å²) in [5, 5.41) is 10.1. The van der Waals surface area contributed by atoms with Crippen molar-refractivity contribution >= 4 is 29.3 Å². The van der Waals surface area contributed by atoms with Crippen LogP contribution < -0.4 is 9.21 Å². The molecule has 0 radical (unpaired) electrons. The van der Waals surface area contributed by atoms with Crippen LogP contribution in [0.3, 0.4) is 0 Å². The van der Waals surface area contributed by atoms with E-state index in [0.29, 0.717) is 0 Å². The van der Waals surface area contributed by atoms with Crippen LogP contribution in [0.25, 0.3) is 22.3 Å². The van der Waals surface area contributed by atoms with Crippen LogP contribution in [0.1, 0.15) is 64.6 Å². The molecule has 0 aliphatic carbocycles. The number of aryl methyl sites for hydroxylation is 3. The second-order valence-electron chi connectivity index (χ2n) is 13.7. The SMILES string of the molecule is CSN1Cc2ccc(N(CCCCc3ccccc3)CCCCc3ccccc3)cc2-c2c(C)c(-c3ccc(C)cc3)c(CC(=O)O)c(C)c21. The lowest BCUT2D eigenvalue weighted by atomic mass is 9.80. The largest absolute Gasteiger partial charge is 0.481 e. The standard InChI is InChI=1S/C45H50N2O2S/c1-32-21-23-37(24-22-32)43-34(3)44-41-29-39(26-25-38(41)31-47(50-4)45(44)33(2)40(43)30-42(48)49)46(27-13-11-19-35-15-7-5-8-16-35)28-14-12-20-36-17-9-6-10-18-36/h5-10,15-18,21-26,29H,11-14,19-20,27-28,30-31H2,1-4H3,(H,48,49). The Morgan fingerprint density at radius 2 is 1.34 bits per heavy atom. The lowest BCUT2D eigenvalue weighted by Gasteiger charge is -2.36. The molecule has 0 spiro atoms. The molecule has 0 aromatic heterocycles. The molecule has 0 amide bonds. The highest BCUT2D eigenvalue weighted by atomic mass is 32.2. The topological polar surface area (TPSA) is 43.8 Å². The summed E-state index contributed by atoms with van der Waals surface area (Å²) in [5.74, 6) is -0.801. The number of anilines is 2. The van der Waals surface area contributed by atoms with E-state index in [1.165, 1.54) is 39.1 Å². The van der Waals surface area contributed by atoms with E-state index in [9.17, 15) is 9.90 Å². The second kappa shape index (κ2) is 16.5. The average Bonchev–Trinajstić information content (AvgIpc) is 3.13. The fraction of sp³-hybridized carbons (Fsp3) is 0.311. The minimum absolute atomic E-state index is 0.00196. The molecular formula is C45H50N2O2S. The number of fused-ring (bicyclic) bond motifs is 3. The Hall–Kier alpha value is -4.48. The third-order valence-electron chi connectivity index (χ3n) is 10.2. The van der Waals surface area contributed by atoms with E-state index >= 15 is 0 Å². The smallest absolute Gasteiger partial charge is 0.307 e. The van der Waals surface area contributed by atoms with E-state index in [1.807, 2.05) is 0 Å². The molecule has 6 rings (SSSR count). The van der Waals surface area contributed by atoms with Crippen LogP contribution >= 0.6 is 11.9 Å². The van der Waals surface area contributed by atoms with Crippen molar-refractivity contribution in [3.63, 3.8) is 0 Å². The normalized spacial score (nSPS) is 12.0. The van der Waals surface area contributed by atoms with Gasteiger partial charge in [-0.2, -0.15) is 0 Å². The molecule has 5 aromatic carbocycles. The van der Waals surface area contributed by atoms with Crippen molar-refractivity contribution in [2.24, 2.45) is 0 Å². The molecule has 258 valence electrons. The van der Waals surface area contributed by atoms with Crippen molar-refractivity contribution in [3.8, 4) is 22.3 Å². The van der Waals surface area contributed by atoms with Crippen LogP contribution in [-0.2, 0) is 30.6 Å². The summed E-state index contributed by atoms with van der Waals surface area (Å²) in [5.41, 5.74) is 15.5. The fourth-order valence-corrected chi connectivity index (χ4v) is 8.29. The van der Waals surface area contributed by atoms with Gasteiger partial charge in [0, 0.05) is 30.6 Å². The minimum atomic E-state index is -0.801. The zero-order chi connectivity index (χ0) is 35.0. The predicted octanol–water partition coefficient (Wildman–Crippen LogP) is 11.0. The van der Waals surface area contributed by atoms with E-state index in [2.05, 4.69) is 139 Å². The molecular weight excluding hydrogens is 633 g/mol. The molecule has 0 atom stereocenters. The van der Waals surface area contributed by atoms with Gasteiger partial charge in [-0.3, -0.25) is 4.79 Å². The van der Waals surface area contributed by atoms with Gasteiger partial charge in [-0.1, -0.05) is 109 Å². The first-order valence-corrected chi connectivity index (χ1v) is 19.2. The van der Waals surface area contributed by atoms with Gasteiger partial charge in [0.25, 0.3) is 0 Å². The zero-order valence-corrected chi connectivity index (χ0v) is 30.9. The number of carboxylic acids is 1. The minimum Gasteiger partial charge on any atom is -0.481 e. The molecule has 0 saturated heterocycles. The average molecular weight is 683 g/mol. The molecule has 1 aliphatic heterocycles. The van der Waals surface area contributed by atoms with Crippen molar-refractivity contribution in [1.82, 2.24) is 0 Å². The summed E-state index contributed by atoms with van der Waals surface area (Å²) in [6, 6.07) is 37.3. The Labute approximate surface area is 303 Å². The number of aliphatic carboxylic acids is 1. The van der Waals surface area contributed by atoms with E-state index in [-0.39, 0.29) is 6.42 Å². The van der Waals surface area contributed by atoms with Gasteiger partial charge >= 0.3 is 5.97 Å². The second-order valence-corrected chi connectivity index (χ2v) is 14.5. The van der Waals surface area contributed by atoms with Gasteiger partial charge < -0.3 is 14.3 Å². The lowest BCUT2D eigenvalue weighted by molar-refractivity contribution is -0.136. The van der Waals surface area contributed by atoms with Crippen molar-refractivity contribution in [3.05, 3.63) is 142 Å². The summed E-state index contributed by atoms with van der Waals surface area (Å²) in [6.45, 7) is 9.24. The third kappa shape index (κ3) is 8.11. The van der Waals surface area contributed by atoms with Gasteiger partial charge in [-0.25, -0.2) is 0 Å². The summed E-state index contributed by atoms with van der Waals surface area (Å²) >= 11 is 1.72. The highest BCUT2D eigenvalue weighted by Crippen LogP contribution is 2.51. The number of benzene rings is 5. The molecule has 1 aliphatic rings. The Kier molecular flexibility index (Phi) is 11.7. The molecule has 0 saturated carbocycles. The molecule has 5 aromatic rings. The van der Waals surface area contributed by atoms with Crippen LogP contribution in [-0.4, -0.2) is 30.4 Å². The number of carboxylic acid groups (broad SMARTS) is 1. The highest BCUT2D eigenvalue weighted by Gasteiger charge is 2.31. The Morgan fingerprint density at radius 3 is 1.90 bits per heavy atom. The Balaban J connectivity index is 1.37. The first-order valence-electron chi connectivity index (χ1n) is 18.1. The number of rotatable bonds is 15. The monoisotopic (exact) mass is 682 g/mol. The summed E-state index contributed by atoms with van der Waals surface area (Å²) in [7, 11) is 0. The van der Waals surface area contributed by atoms with Gasteiger partial charge in [0.1, 0.15) is 0 Å². The maximum absolute atomic E-state index is 12.3. The summed E-state index contributed by atoms with van der Waals surface area (Å²) < 4.78 is 2.36. The first-order chi connectivity index (χ1) is 24.3. The fourth-order valence-electron chi connectivity index (χ4n) is 7.62. The molecule has 50 heavy (non-hydrogen) atoms. The van der Waals surface area contributed by atoms with Crippen LogP contribution in [0.5, 0.6) is 0 Å². The molecule has 4 nitrogen and oxygen atoms in total. The third-order valence-corrected chi connectivity index (χ3v) is 11.0. The number of unbranched alkanes of at least 4 members (excludes halogenated alkanes) is 2. The quantitative estimate of drug-likeness (QED) is 0.0879. The molecule has 0 bridgehead atoms. The number of hydrogen-bond donors (Lipinski definition) is 1. The first kappa shape index (κ1) is 35.3.